The molecular formula is C9H12F3N3O3. The Morgan fingerprint density at radius 3 is 2.72 bits per heavy atom. The van der Waals surface area contributed by atoms with Crippen LogP contribution in [0.15, 0.2) is 6.20 Å². The molecule has 0 aliphatic carbocycles. The van der Waals surface area contributed by atoms with Crippen molar-refractivity contribution in [3.8, 4) is 0 Å². The van der Waals surface area contributed by atoms with E-state index in [0.29, 0.717) is 13.2 Å². The van der Waals surface area contributed by atoms with Gasteiger partial charge in [0.2, 0.25) is 0 Å². The molecule has 0 aliphatic heterocycles. The first-order valence-corrected chi connectivity index (χ1v) is 5.03. The van der Waals surface area contributed by atoms with E-state index in [1.165, 1.54) is 7.11 Å². The van der Waals surface area contributed by atoms with E-state index in [0.717, 1.165) is 10.9 Å². The summed E-state index contributed by atoms with van der Waals surface area (Å²) in [5, 5.41) is 6.56. The molecule has 0 atom stereocenters. The van der Waals surface area contributed by atoms with Gasteiger partial charge in [0.05, 0.1) is 32.6 Å². The van der Waals surface area contributed by atoms with E-state index < -0.39 is 17.7 Å². The van der Waals surface area contributed by atoms with Gasteiger partial charge in [0, 0.05) is 7.11 Å². The van der Waals surface area contributed by atoms with Crippen molar-refractivity contribution in [1.29, 1.82) is 0 Å². The summed E-state index contributed by atoms with van der Waals surface area (Å²) in [5.74, 6) is -2.01. The fourth-order valence-electron chi connectivity index (χ4n) is 1.06. The number of carbonyl (C=O) groups is 1. The summed E-state index contributed by atoms with van der Waals surface area (Å²) in [6.07, 6.45) is -3.99. The molecule has 0 unspecified atom stereocenters. The number of Topliss-reactive ketones (excluding diaryl/α,β-unsaturated/α-hetero) is 1. The van der Waals surface area contributed by atoms with Gasteiger partial charge in [0.25, 0.3) is 5.78 Å². The maximum absolute atomic E-state index is 12.1. The SMILES string of the molecule is COCCOCCn1cc(C(=O)C(F)(F)F)nn1. The summed E-state index contributed by atoms with van der Waals surface area (Å²) < 4.78 is 47.2. The lowest BCUT2D eigenvalue weighted by molar-refractivity contribution is -0.0888. The molecule has 1 rings (SSSR count). The number of rotatable bonds is 7. The summed E-state index contributed by atoms with van der Waals surface area (Å²) in [6.45, 7) is 1.25. The van der Waals surface area contributed by atoms with E-state index in [1.807, 2.05) is 0 Å². The van der Waals surface area contributed by atoms with E-state index in [9.17, 15) is 18.0 Å². The second-order valence-corrected chi connectivity index (χ2v) is 3.30. The zero-order valence-corrected chi connectivity index (χ0v) is 9.61. The van der Waals surface area contributed by atoms with Crippen LogP contribution in [0.1, 0.15) is 10.5 Å². The average molecular weight is 267 g/mol. The fourth-order valence-corrected chi connectivity index (χ4v) is 1.06. The van der Waals surface area contributed by atoms with Crippen molar-refractivity contribution in [1.82, 2.24) is 15.0 Å². The van der Waals surface area contributed by atoms with Crippen LogP contribution in [0.2, 0.25) is 0 Å². The number of hydrogen-bond donors (Lipinski definition) is 0. The van der Waals surface area contributed by atoms with Crippen molar-refractivity contribution in [2.45, 2.75) is 12.7 Å². The van der Waals surface area contributed by atoms with Gasteiger partial charge in [-0.05, 0) is 0 Å². The lowest BCUT2D eigenvalue weighted by Crippen LogP contribution is -2.23. The summed E-state index contributed by atoms with van der Waals surface area (Å²) in [5.41, 5.74) is -0.723. The number of ketones is 1. The van der Waals surface area contributed by atoms with Crippen LogP contribution in [0.25, 0.3) is 0 Å². The molecule has 0 radical (unpaired) electrons. The fraction of sp³-hybridized carbons (Fsp3) is 0.667. The first-order valence-electron chi connectivity index (χ1n) is 5.03. The van der Waals surface area contributed by atoms with Gasteiger partial charge in [-0.1, -0.05) is 5.21 Å². The van der Waals surface area contributed by atoms with Crippen LogP contribution in [0.4, 0.5) is 13.2 Å². The monoisotopic (exact) mass is 267 g/mol. The number of carbonyl (C=O) groups excluding carboxylic acids is 1. The third kappa shape index (κ3) is 4.41. The predicted molar refractivity (Wildman–Crippen MR) is 53.1 cm³/mol. The summed E-state index contributed by atoms with van der Waals surface area (Å²) in [4.78, 5) is 10.8. The van der Waals surface area contributed by atoms with Crippen LogP contribution in [0.5, 0.6) is 0 Å². The van der Waals surface area contributed by atoms with Gasteiger partial charge >= 0.3 is 6.18 Å². The van der Waals surface area contributed by atoms with Gasteiger partial charge in [-0.2, -0.15) is 13.2 Å². The quantitative estimate of drug-likeness (QED) is 0.537. The molecule has 0 amide bonds. The zero-order valence-electron chi connectivity index (χ0n) is 9.61. The molecule has 0 fully saturated rings. The molecule has 6 nitrogen and oxygen atoms in total. The van der Waals surface area contributed by atoms with Crippen LogP contribution < -0.4 is 0 Å². The molecule has 0 saturated carbocycles. The average Bonchev–Trinajstić information content (AvgIpc) is 2.75. The molecular weight excluding hydrogens is 255 g/mol. The molecule has 9 heteroatoms. The predicted octanol–water partition coefficient (Wildman–Crippen LogP) is 0.686. The highest BCUT2D eigenvalue weighted by molar-refractivity contribution is 5.98. The maximum Gasteiger partial charge on any atom is 0.456 e. The normalized spacial score (nSPS) is 11.8. The molecule has 0 saturated heterocycles. The van der Waals surface area contributed by atoms with Crippen molar-refractivity contribution < 1.29 is 27.4 Å². The molecule has 0 aromatic carbocycles. The Bertz CT molecular complexity index is 392. The van der Waals surface area contributed by atoms with Crippen molar-refractivity contribution in [2.24, 2.45) is 0 Å². The highest BCUT2D eigenvalue weighted by Gasteiger charge is 2.41. The minimum absolute atomic E-state index is 0.210. The van der Waals surface area contributed by atoms with Gasteiger partial charge in [-0.25, -0.2) is 4.68 Å². The summed E-state index contributed by atoms with van der Waals surface area (Å²) in [6, 6.07) is 0. The molecule has 0 aliphatic rings. The zero-order chi connectivity index (χ0) is 13.6. The lowest BCUT2D eigenvalue weighted by atomic mass is 10.3. The minimum Gasteiger partial charge on any atom is -0.382 e. The van der Waals surface area contributed by atoms with Gasteiger partial charge in [0.1, 0.15) is 0 Å². The number of nitrogens with zero attached hydrogens (tertiary/aromatic N) is 3. The van der Waals surface area contributed by atoms with E-state index in [2.05, 4.69) is 10.3 Å². The van der Waals surface area contributed by atoms with Crippen molar-refractivity contribution in [3.05, 3.63) is 11.9 Å². The topological polar surface area (TPSA) is 66.2 Å². The highest BCUT2D eigenvalue weighted by atomic mass is 19.4. The Balaban J connectivity index is 2.42. The number of aromatic nitrogens is 3. The van der Waals surface area contributed by atoms with Gasteiger partial charge in [-0.3, -0.25) is 4.79 Å². The van der Waals surface area contributed by atoms with Crippen LogP contribution in [-0.4, -0.2) is 53.9 Å². The second-order valence-electron chi connectivity index (χ2n) is 3.30. The Morgan fingerprint density at radius 2 is 2.11 bits per heavy atom. The third-order valence-corrected chi connectivity index (χ3v) is 1.93. The van der Waals surface area contributed by atoms with Crippen molar-refractivity contribution >= 4 is 5.78 Å². The minimum atomic E-state index is -4.93. The number of hydrogen-bond acceptors (Lipinski definition) is 5. The largest absolute Gasteiger partial charge is 0.456 e. The van der Waals surface area contributed by atoms with Gasteiger partial charge in [-0.15, -0.1) is 5.10 Å². The smallest absolute Gasteiger partial charge is 0.382 e. The van der Waals surface area contributed by atoms with Crippen LogP contribution in [-0.2, 0) is 16.0 Å². The van der Waals surface area contributed by atoms with E-state index >= 15 is 0 Å². The number of methoxy groups -OCH3 is 1. The molecule has 102 valence electrons. The number of alkyl halides is 3. The van der Waals surface area contributed by atoms with Crippen molar-refractivity contribution in [2.75, 3.05) is 26.9 Å². The number of halogens is 3. The molecule has 1 aromatic rings. The molecule has 0 bridgehead atoms. The Labute approximate surface area is 101 Å². The maximum atomic E-state index is 12.1. The highest BCUT2D eigenvalue weighted by Crippen LogP contribution is 2.19. The van der Waals surface area contributed by atoms with E-state index in [-0.39, 0.29) is 13.2 Å². The van der Waals surface area contributed by atoms with Crippen molar-refractivity contribution in [3.63, 3.8) is 0 Å². The van der Waals surface area contributed by atoms with Crippen LogP contribution >= 0.6 is 0 Å². The Kier molecular flexibility index (Phi) is 5.23. The summed E-state index contributed by atoms with van der Waals surface area (Å²) >= 11 is 0. The molecule has 1 aromatic heterocycles. The van der Waals surface area contributed by atoms with Gasteiger partial charge < -0.3 is 9.47 Å². The standard InChI is InChI=1S/C9H12F3N3O3/c1-17-4-5-18-3-2-15-6-7(13-14-15)8(16)9(10,11)12/h6H,2-5H2,1H3. The first-order chi connectivity index (χ1) is 8.45. The van der Waals surface area contributed by atoms with Crippen LogP contribution in [0.3, 0.4) is 0 Å². The lowest BCUT2D eigenvalue weighted by Gasteiger charge is -2.02. The second kappa shape index (κ2) is 6.45. The van der Waals surface area contributed by atoms with E-state index in [4.69, 9.17) is 9.47 Å². The molecule has 0 N–H and O–H groups in total. The molecule has 18 heavy (non-hydrogen) atoms. The van der Waals surface area contributed by atoms with E-state index in [1.54, 1.807) is 0 Å². The number of ether oxygens (including phenoxy) is 2. The third-order valence-electron chi connectivity index (χ3n) is 1.93. The molecule has 0 spiro atoms. The Morgan fingerprint density at radius 1 is 1.39 bits per heavy atom. The van der Waals surface area contributed by atoms with Crippen LogP contribution in [0, 0.1) is 0 Å². The Hall–Kier alpha value is -1.48. The first kappa shape index (κ1) is 14.6. The van der Waals surface area contributed by atoms with Gasteiger partial charge in [0.15, 0.2) is 5.69 Å². The molecule has 1 heterocycles. The summed E-state index contributed by atoms with van der Waals surface area (Å²) in [7, 11) is 1.52.